The summed E-state index contributed by atoms with van der Waals surface area (Å²) in [5, 5.41) is 2.99. The minimum Gasteiger partial charge on any atom is -0.355 e. The first kappa shape index (κ1) is 8.68. The van der Waals surface area contributed by atoms with Crippen LogP contribution in [0.5, 0.6) is 0 Å². The summed E-state index contributed by atoms with van der Waals surface area (Å²) in [6, 6.07) is 0. The molecular formula is C8H15NO2. The second-order valence-corrected chi connectivity index (χ2v) is 3.82. The van der Waals surface area contributed by atoms with Crippen molar-refractivity contribution >= 4 is 5.78 Å². The molecule has 0 aliphatic carbocycles. The highest BCUT2D eigenvalue weighted by molar-refractivity contribution is 5.87. The van der Waals surface area contributed by atoms with Crippen LogP contribution in [0.3, 0.4) is 0 Å². The Morgan fingerprint density at radius 1 is 1.55 bits per heavy atom. The highest BCUT2D eigenvalue weighted by Crippen LogP contribution is 2.18. The van der Waals surface area contributed by atoms with Crippen molar-refractivity contribution in [3.8, 4) is 0 Å². The minimum atomic E-state index is -0.366. The third-order valence-electron chi connectivity index (χ3n) is 1.69. The van der Waals surface area contributed by atoms with Crippen LogP contribution >= 0.6 is 0 Å². The van der Waals surface area contributed by atoms with E-state index in [1.807, 2.05) is 20.8 Å². The van der Waals surface area contributed by atoms with Crippen molar-refractivity contribution in [1.82, 2.24) is 5.32 Å². The first-order valence-electron chi connectivity index (χ1n) is 3.91. The fraction of sp³-hybridized carbons (Fsp3) is 0.875. The van der Waals surface area contributed by atoms with Crippen LogP contribution in [0.1, 0.15) is 20.8 Å². The van der Waals surface area contributed by atoms with Crippen LogP contribution in [-0.2, 0) is 9.53 Å². The SMILES string of the molecule is CC(C)(C)C(=O)C1NCCO1. The van der Waals surface area contributed by atoms with Gasteiger partial charge in [-0.2, -0.15) is 0 Å². The fourth-order valence-corrected chi connectivity index (χ4v) is 0.987. The van der Waals surface area contributed by atoms with Crippen LogP contribution in [0.2, 0.25) is 0 Å². The lowest BCUT2D eigenvalue weighted by atomic mass is 9.90. The van der Waals surface area contributed by atoms with E-state index >= 15 is 0 Å². The molecule has 1 aliphatic heterocycles. The fourth-order valence-electron chi connectivity index (χ4n) is 0.987. The zero-order valence-corrected chi connectivity index (χ0v) is 7.31. The van der Waals surface area contributed by atoms with Crippen LogP contribution in [0.15, 0.2) is 0 Å². The van der Waals surface area contributed by atoms with Crippen molar-refractivity contribution in [2.75, 3.05) is 13.2 Å². The topological polar surface area (TPSA) is 38.3 Å². The number of hydrogen-bond donors (Lipinski definition) is 1. The van der Waals surface area contributed by atoms with Gasteiger partial charge in [0.05, 0.1) is 6.61 Å². The van der Waals surface area contributed by atoms with Crippen LogP contribution in [0, 0.1) is 5.41 Å². The van der Waals surface area contributed by atoms with E-state index in [4.69, 9.17) is 4.74 Å². The number of rotatable bonds is 1. The molecule has 0 aromatic rings. The van der Waals surface area contributed by atoms with Gasteiger partial charge in [0.2, 0.25) is 0 Å². The van der Waals surface area contributed by atoms with E-state index in [1.54, 1.807) is 0 Å². The highest BCUT2D eigenvalue weighted by atomic mass is 16.5. The van der Waals surface area contributed by atoms with E-state index in [2.05, 4.69) is 5.32 Å². The van der Waals surface area contributed by atoms with Crippen LogP contribution in [0.25, 0.3) is 0 Å². The van der Waals surface area contributed by atoms with Gasteiger partial charge < -0.3 is 4.74 Å². The van der Waals surface area contributed by atoms with Crippen molar-refractivity contribution in [3.05, 3.63) is 0 Å². The Morgan fingerprint density at radius 2 is 2.18 bits per heavy atom. The summed E-state index contributed by atoms with van der Waals surface area (Å²) in [7, 11) is 0. The Hall–Kier alpha value is -0.410. The molecule has 1 N–H and O–H groups in total. The number of hydrogen-bond acceptors (Lipinski definition) is 3. The van der Waals surface area contributed by atoms with Gasteiger partial charge in [0.25, 0.3) is 0 Å². The number of Topliss-reactive ketones (excluding diaryl/α,β-unsaturated/α-hetero) is 1. The third-order valence-corrected chi connectivity index (χ3v) is 1.69. The zero-order valence-electron chi connectivity index (χ0n) is 7.31. The lowest BCUT2D eigenvalue weighted by Gasteiger charge is -2.20. The maximum Gasteiger partial charge on any atom is 0.181 e. The number of ketones is 1. The average molecular weight is 157 g/mol. The molecule has 3 heteroatoms. The van der Waals surface area contributed by atoms with Gasteiger partial charge >= 0.3 is 0 Å². The van der Waals surface area contributed by atoms with E-state index in [-0.39, 0.29) is 17.4 Å². The van der Waals surface area contributed by atoms with Gasteiger partial charge in [-0.3, -0.25) is 10.1 Å². The van der Waals surface area contributed by atoms with Crippen LogP contribution in [0.4, 0.5) is 0 Å². The van der Waals surface area contributed by atoms with Crippen molar-refractivity contribution < 1.29 is 9.53 Å². The number of carbonyl (C=O) groups is 1. The predicted molar refractivity (Wildman–Crippen MR) is 42.2 cm³/mol. The molecule has 1 rings (SSSR count). The summed E-state index contributed by atoms with van der Waals surface area (Å²) in [4.78, 5) is 11.5. The van der Waals surface area contributed by atoms with E-state index in [0.717, 1.165) is 6.54 Å². The summed E-state index contributed by atoms with van der Waals surface area (Å²) in [6.07, 6.45) is -0.366. The minimum absolute atomic E-state index is 0.134. The Morgan fingerprint density at radius 3 is 2.55 bits per heavy atom. The van der Waals surface area contributed by atoms with E-state index < -0.39 is 0 Å². The van der Waals surface area contributed by atoms with Crippen LogP contribution < -0.4 is 5.32 Å². The lowest BCUT2D eigenvalue weighted by molar-refractivity contribution is -0.136. The summed E-state index contributed by atoms with van der Waals surface area (Å²) in [6.45, 7) is 7.13. The molecule has 0 radical (unpaired) electrons. The highest BCUT2D eigenvalue weighted by Gasteiger charge is 2.31. The smallest absolute Gasteiger partial charge is 0.181 e. The zero-order chi connectivity index (χ0) is 8.48. The molecule has 11 heavy (non-hydrogen) atoms. The summed E-state index contributed by atoms with van der Waals surface area (Å²) < 4.78 is 5.18. The van der Waals surface area contributed by atoms with Gasteiger partial charge in [0.15, 0.2) is 12.0 Å². The van der Waals surface area contributed by atoms with Crippen molar-refractivity contribution in [2.45, 2.75) is 27.0 Å². The quantitative estimate of drug-likeness (QED) is 0.604. The first-order chi connectivity index (χ1) is 5.02. The molecule has 1 heterocycles. The Bertz CT molecular complexity index is 154. The molecule has 0 amide bonds. The van der Waals surface area contributed by atoms with E-state index in [9.17, 15) is 4.79 Å². The Balaban J connectivity index is 2.53. The molecule has 0 aromatic heterocycles. The molecule has 1 atom stereocenters. The molecule has 64 valence electrons. The standard InChI is InChI=1S/C8H15NO2/c1-8(2,3)6(10)7-9-4-5-11-7/h7,9H,4-5H2,1-3H3. The molecule has 0 bridgehead atoms. The summed E-state index contributed by atoms with van der Waals surface area (Å²) in [5.74, 6) is 0.134. The normalized spacial score (nSPS) is 25.5. The van der Waals surface area contributed by atoms with Gasteiger partial charge in [0, 0.05) is 12.0 Å². The molecule has 0 aromatic carbocycles. The second-order valence-electron chi connectivity index (χ2n) is 3.82. The molecule has 1 saturated heterocycles. The molecule has 0 spiro atoms. The maximum absolute atomic E-state index is 11.5. The van der Waals surface area contributed by atoms with Crippen LogP contribution in [-0.4, -0.2) is 25.2 Å². The largest absolute Gasteiger partial charge is 0.355 e. The molecule has 0 saturated carbocycles. The monoisotopic (exact) mass is 157 g/mol. The number of carbonyl (C=O) groups excluding carboxylic acids is 1. The lowest BCUT2D eigenvalue weighted by Crippen LogP contribution is -2.39. The summed E-state index contributed by atoms with van der Waals surface area (Å²) >= 11 is 0. The molecule has 3 nitrogen and oxygen atoms in total. The van der Waals surface area contributed by atoms with Gasteiger partial charge in [-0.1, -0.05) is 20.8 Å². The summed E-state index contributed by atoms with van der Waals surface area (Å²) in [5.41, 5.74) is -0.304. The number of nitrogens with one attached hydrogen (secondary N) is 1. The Kier molecular flexibility index (Phi) is 2.30. The van der Waals surface area contributed by atoms with Gasteiger partial charge in [-0.15, -0.1) is 0 Å². The maximum atomic E-state index is 11.5. The van der Waals surface area contributed by atoms with E-state index in [1.165, 1.54) is 0 Å². The van der Waals surface area contributed by atoms with Gasteiger partial charge in [-0.25, -0.2) is 0 Å². The molecule has 1 fully saturated rings. The van der Waals surface area contributed by atoms with Crippen molar-refractivity contribution in [1.29, 1.82) is 0 Å². The second kappa shape index (κ2) is 2.91. The van der Waals surface area contributed by atoms with Gasteiger partial charge in [0.1, 0.15) is 0 Å². The predicted octanol–water partition coefficient (Wildman–Crippen LogP) is 0.547. The Labute approximate surface area is 67.1 Å². The van der Waals surface area contributed by atoms with Crippen molar-refractivity contribution in [3.63, 3.8) is 0 Å². The first-order valence-corrected chi connectivity index (χ1v) is 3.91. The molecular weight excluding hydrogens is 142 g/mol. The van der Waals surface area contributed by atoms with E-state index in [0.29, 0.717) is 6.61 Å². The molecule has 1 aliphatic rings. The van der Waals surface area contributed by atoms with Crippen molar-refractivity contribution in [2.24, 2.45) is 5.41 Å². The third kappa shape index (κ3) is 2.01. The van der Waals surface area contributed by atoms with Gasteiger partial charge in [-0.05, 0) is 0 Å². The average Bonchev–Trinajstić information content (AvgIpc) is 2.34. The number of ether oxygens (including phenoxy) is 1. The molecule has 1 unspecified atom stereocenters.